The smallest absolute Gasteiger partial charge is 0.328 e. The fourth-order valence-corrected chi connectivity index (χ4v) is 8.80. The van der Waals surface area contributed by atoms with Gasteiger partial charge in [0.2, 0.25) is 23.6 Å². The Morgan fingerprint density at radius 2 is 1.05 bits per heavy atom. The van der Waals surface area contributed by atoms with Crippen LogP contribution in [0.4, 0.5) is 0 Å². The van der Waals surface area contributed by atoms with E-state index < -0.39 is 152 Å². The molecule has 1 aromatic carbocycles. The fourth-order valence-electron chi connectivity index (χ4n) is 8.80. The van der Waals surface area contributed by atoms with E-state index in [1.54, 1.807) is 49.9 Å². The minimum absolute atomic E-state index is 0.0213. The quantitative estimate of drug-likeness (QED) is 0.0281. The molecule has 6 atom stereocenters. The zero-order chi connectivity index (χ0) is 62.1. The van der Waals surface area contributed by atoms with Gasteiger partial charge in [0.1, 0.15) is 18.7 Å². The number of carbonyl (C=O) groups is 12. The number of imidazole rings is 1. The molecule has 31 nitrogen and oxygen atoms in total. The number of aliphatic carboxylic acids is 5. The number of hydrogen-bond donors (Lipinski definition) is 12. The third-order valence-corrected chi connectivity index (χ3v) is 13.4. The molecule has 1 aliphatic heterocycles. The summed E-state index contributed by atoms with van der Waals surface area (Å²) < 4.78 is 10.9. The Hall–Kier alpha value is -7.65. The Morgan fingerprint density at radius 1 is 0.560 bits per heavy atom. The lowest BCUT2D eigenvalue weighted by Crippen LogP contribution is -2.50. The van der Waals surface area contributed by atoms with Crippen molar-refractivity contribution in [2.45, 2.75) is 63.6 Å². The molecule has 2 heterocycles. The Balaban J connectivity index is 1.51. The van der Waals surface area contributed by atoms with Crippen molar-refractivity contribution in [1.82, 2.24) is 50.8 Å². The molecule has 1 aromatic heterocycles. The number of Topliss-reactive ketones (excluding diaryl/α,β-unsaturated/α-hetero) is 3. The fraction of sp³-hybridized carbons (Fsp3) is 0.604. The molecule has 3 rings (SSSR count). The number of amides is 4. The number of aromatic amines is 1. The number of benzene rings is 1. The van der Waals surface area contributed by atoms with Gasteiger partial charge < -0.3 is 71.5 Å². The van der Waals surface area contributed by atoms with E-state index in [4.69, 9.17) is 9.47 Å². The zero-order valence-corrected chi connectivity index (χ0v) is 46.8. The number of aromatic nitrogens is 2. The molecule has 12 N–H and O–H groups in total. The van der Waals surface area contributed by atoms with Crippen LogP contribution < -0.4 is 21.3 Å². The number of ether oxygens (including phenoxy) is 2. The van der Waals surface area contributed by atoms with E-state index in [1.807, 2.05) is 0 Å². The number of aliphatic hydroxyl groups is 2. The van der Waals surface area contributed by atoms with Crippen LogP contribution in [-0.4, -0.2) is 279 Å². The first-order valence-corrected chi connectivity index (χ1v) is 27.1. The van der Waals surface area contributed by atoms with Crippen LogP contribution in [0.15, 0.2) is 42.9 Å². The molecule has 1 saturated heterocycles. The third-order valence-electron chi connectivity index (χ3n) is 13.4. The monoisotopic (exact) mass is 1190 g/mol. The molecule has 0 unspecified atom stereocenters. The van der Waals surface area contributed by atoms with Gasteiger partial charge in [0.25, 0.3) is 0 Å². The average Bonchev–Trinajstić information content (AvgIpc) is 4.09. The van der Waals surface area contributed by atoms with Crippen molar-refractivity contribution in [3.05, 3.63) is 54.1 Å². The first-order valence-electron chi connectivity index (χ1n) is 27.1. The molecule has 31 heteroatoms. The van der Waals surface area contributed by atoms with Crippen molar-refractivity contribution in [2.75, 3.05) is 125 Å². The van der Waals surface area contributed by atoms with E-state index in [0.717, 1.165) is 0 Å². The van der Waals surface area contributed by atoms with E-state index in [2.05, 4.69) is 31.2 Å². The highest BCUT2D eigenvalue weighted by molar-refractivity contribution is 5.97. The van der Waals surface area contributed by atoms with Gasteiger partial charge in [0.05, 0.1) is 89.8 Å². The number of H-pyrrole nitrogens is 1. The molecule has 0 bridgehead atoms. The van der Waals surface area contributed by atoms with Crippen molar-refractivity contribution in [2.24, 2.45) is 17.8 Å². The van der Waals surface area contributed by atoms with E-state index in [1.165, 1.54) is 19.4 Å². The summed E-state index contributed by atoms with van der Waals surface area (Å²) in [7, 11) is 0. The maximum absolute atomic E-state index is 13.8. The number of nitrogens with one attached hydrogen (secondary N) is 5. The summed E-state index contributed by atoms with van der Waals surface area (Å²) in [6, 6.07) is 3.78. The van der Waals surface area contributed by atoms with E-state index in [-0.39, 0.29) is 118 Å². The Labute approximate surface area is 483 Å². The highest BCUT2D eigenvalue weighted by atomic mass is 16.5. The molecule has 1 fully saturated rings. The minimum atomic E-state index is -1.68. The summed E-state index contributed by atoms with van der Waals surface area (Å²) >= 11 is 0. The van der Waals surface area contributed by atoms with Gasteiger partial charge in [-0.25, -0.2) is 9.78 Å². The van der Waals surface area contributed by atoms with Crippen molar-refractivity contribution in [3.8, 4) is 0 Å². The molecular weight excluding hydrogens is 1110 g/mol. The van der Waals surface area contributed by atoms with Gasteiger partial charge in [-0.1, -0.05) is 30.3 Å². The lowest BCUT2D eigenvalue weighted by atomic mass is 9.90. The summed E-state index contributed by atoms with van der Waals surface area (Å²) in [5, 5.41) is 76.7. The lowest BCUT2D eigenvalue weighted by molar-refractivity contribution is -0.144. The van der Waals surface area contributed by atoms with E-state index in [9.17, 15) is 93.3 Å². The topological polar surface area (TPSA) is 455 Å². The minimum Gasteiger partial charge on any atom is -0.481 e. The standard InChI is InChI=1S/C53H78N10O21/c1-34(43(67)22-37(20-39-25-54-33-56-39)52(80)58-41(30-64)44(68)23-36(19-35-5-3-2-4-6-35)51(79)59-42(31-65)53(81)82)57-50(78)38(24-46(70)71)21-40(66)32-84-18-17-83-16-7-55-45(69)26-60-8-10-61(27-47(72)73)12-14-63(29-49(76)77)15-13-62(11-9-60)28-48(74)75/h2-6,25,33-34,36-38,41-42,64-65H,7-24,26-32H2,1H3,(H,54,56)(H,55,69)(H,57,78)(H,58,80)(H,59,79)(H,70,71)(H,72,73)(H,74,75)(H,76,77)(H,81,82)/t34-,36+,37+,38-,41-,42-/m0/s1. The SMILES string of the molecule is C[C@H](NC(=O)[C@H](CC(=O)O)CC(=O)COCCOCCNC(=O)CN1CCN(CC(=O)O)CCN(CC(=O)O)CCN(CC(=O)O)CC1)C(=O)C[C@@H](Cc1cnc[nH]1)C(=O)N[C@@H](CO)C(=O)C[C@@H](Cc1ccccc1)C(=O)N[C@@H](CO)C(=O)O. The molecule has 4 amide bonds. The maximum atomic E-state index is 13.8. The highest BCUT2D eigenvalue weighted by Crippen LogP contribution is 2.18. The predicted molar refractivity (Wildman–Crippen MR) is 291 cm³/mol. The van der Waals surface area contributed by atoms with Gasteiger partial charge in [-0.05, 0) is 18.9 Å². The van der Waals surface area contributed by atoms with Crippen LogP contribution >= 0.6 is 0 Å². The first-order chi connectivity index (χ1) is 40.0. The summed E-state index contributed by atoms with van der Waals surface area (Å²) in [5.41, 5.74) is 0.983. The van der Waals surface area contributed by atoms with Gasteiger partial charge in [-0.3, -0.25) is 72.3 Å². The van der Waals surface area contributed by atoms with E-state index in [0.29, 0.717) is 11.3 Å². The Kier molecular flexibility index (Phi) is 32.2. The van der Waals surface area contributed by atoms with Crippen LogP contribution in [0.1, 0.15) is 43.9 Å². The average molecular weight is 1190 g/mol. The van der Waals surface area contributed by atoms with Crippen LogP contribution in [0.3, 0.4) is 0 Å². The molecule has 0 aliphatic carbocycles. The summed E-state index contributed by atoms with van der Waals surface area (Å²) in [4.78, 5) is 165. The second-order valence-electron chi connectivity index (χ2n) is 20.1. The van der Waals surface area contributed by atoms with Crippen LogP contribution in [0.25, 0.3) is 0 Å². The normalized spacial score (nSPS) is 16.2. The van der Waals surface area contributed by atoms with E-state index >= 15 is 0 Å². The summed E-state index contributed by atoms with van der Waals surface area (Å²) in [6.45, 7) is -0.477. The van der Waals surface area contributed by atoms with Crippen molar-refractivity contribution in [1.29, 1.82) is 0 Å². The number of hydrogen-bond acceptors (Lipinski definition) is 21. The van der Waals surface area contributed by atoms with Crippen LogP contribution in [0.2, 0.25) is 0 Å². The maximum Gasteiger partial charge on any atom is 0.328 e. The number of carbonyl (C=O) groups excluding carboxylic acids is 7. The van der Waals surface area contributed by atoms with Crippen molar-refractivity contribution < 1.29 is 103 Å². The number of carboxylic acids is 5. The van der Waals surface area contributed by atoms with Gasteiger partial charge in [-0.2, -0.15) is 0 Å². The number of rotatable bonds is 39. The number of ketones is 3. The van der Waals surface area contributed by atoms with Gasteiger partial charge in [0, 0.05) is 102 Å². The predicted octanol–water partition coefficient (Wildman–Crippen LogP) is -4.44. The second kappa shape index (κ2) is 38.3. The molecule has 0 radical (unpaired) electrons. The first kappa shape index (κ1) is 70.6. The van der Waals surface area contributed by atoms with Crippen LogP contribution in [0.5, 0.6) is 0 Å². The molecule has 84 heavy (non-hydrogen) atoms. The molecular formula is C53H78N10O21. The third kappa shape index (κ3) is 28.6. The molecule has 2 aromatic rings. The Bertz CT molecular complexity index is 2460. The largest absolute Gasteiger partial charge is 0.481 e. The van der Waals surface area contributed by atoms with Crippen molar-refractivity contribution in [3.63, 3.8) is 0 Å². The summed E-state index contributed by atoms with van der Waals surface area (Å²) in [6.07, 6.45) is -0.0772. The van der Waals surface area contributed by atoms with Crippen molar-refractivity contribution >= 4 is 70.8 Å². The highest BCUT2D eigenvalue weighted by Gasteiger charge is 2.34. The van der Waals surface area contributed by atoms with Crippen LogP contribution in [0, 0.1) is 17.8 Å². The Morgan fingerprint density at radius 3 is 1.54 bits per heavy atom. The number of carboxylic acid groups (broad SMARTS) is 5. The van der Waals surface area contributed by atoms with Gasteiger partial charge in [-0.15, -0.1) is 0 Å². The molecule has 1 aliphatic rings. The van der Waals surface area contributed by atoms with Gasteiger partial charge in [0.15, 0.2) is 17.3 Å². The number of nitrogens with zero attached hydrogens (tertiary/aromatic N) is 5. The van der Waals surface area contributed by atoms with Crippen LogP contribution in [-0.2, 0) is 79.8 Å². The molecule has 0 spiro atoms. The second-order valence-corrected chi connectivity index (χ2v) is 20.1. The zero-order valence-electron chi connectivity index (χ0n) is 46.8. The van der Waals surface area contributed by atoms with Gasteiger partial charge >= 0.3 is 29.8 Å². The number of aliphatic hydroxyl groups excluding tert-OH is 2. The molecule has 466 valence electrons. The summed E-state index contributed by atoms with van der Waals surface area (Å²) in [5.74, 6) is -15.5. The molecule has 0 saturated carbocycles. The lowest BCUT2D eigenvalue weighted by Gasteiger charge is -2.32.